The maximum atomic E-state index is 14.5. The van der Waals surface area contributed by atoms with Crippen LogP contribution in [0.1, 0.15) is 15.9 Å². The first kappa shape index (κ1) is 20.7. The molecule has 0 radical (unpaired) electrons. The third kappa shape index (κ3) is 4.89. The van der Waals surface area contributed by atoms with E-state index in [4.69, 9.17) is 0 Å². The second-order valence-electron chi connectivity index (χ2n) is 6.94. The lowest BCUT2D eigenvalue weighted by molar-refractivity contribution is 0.0600. The highest BCUT2D eigenvalue weighted by Crippen LogP contribution is 2.24. The molecule has 0 unspecified atom stereocenters. The molecule has 0 aliphatic carbocycles. The number of likely N-dealkylation sites (N-methyl/N-ethyl adjacent to an activating group) is 1. The van der Waals surface area contributed by atoms with Crippen LogP contribution < -0.4 is 4.90 Å². The number of nitrogens with zero attached hydrogens (tertiary/aromatic N) is 3. The molecule has 2 aromatic carbocycles. The van der Waals surface area contributed by atoms with Gasteiger partial charge < -0.3 is 14.5 Å². The van der Waals surface area contributed by atoms with Crippen molar-refractivity contribution in [1.29, 1.82) is 0 Å². The van der Waals surface area contributed by atoms with Gasteiger partial charge in [-0.1, -0.05) is 12.1 Å². The van der Waals surface area contributed by atoms with Gasteiger partial charge in [0, 0.05) is 32.2 Å². The topological polar surface area (TPSA) is 53.1 Å². The molecule has 2 amide bonds. The zero-order chi connectivity index (χ0) is 21.0. The zero-order valence-corrected chi connectivity index (χ0v) is 16.4. The second kappa shape index (κ2) is 9.00. The Labute approximate surface area is 168 Å². The summed E-state index contributed by atoms with van der Waals surface area (Å²) in [6, 6.07) is 9.34. The molecule has 0 atom stereocenters. The molecule has 0 aromatic heterocycles. The number of carbonyl (C=O) groups is 2. The van der Waals surface area contributed by atoms with Gasteiger partial charge in [-0.15, -0.1) is 0 Å². The number of ether oxygens (including phenoxy) is 1. The predicted molar refractivity (Wildman–Crippen MR) is 105 cm³/mol. The van der Waals surface area contributed by atoms with Crippen molar-refractivity contribution in [2.75, 3.05) is 45.2 Å². The molecule has 1 saturated heterocycles. The molecule has 2 aromatic rings. The molecule has 1 heterocycles. The minimum atomic E-state index is -0.807. The van der Waals surface area contributed by atoms with E-state index in [0.717, 1.165) is 25.2 Å². The van der Waals surface area contributed by atoms with E-state index >= 15 is 0 Å². The van der Waals surface area contributed by atoms with Crippen LogP contribution in [-0.2, 0) is 11.3 Å². The van der Waals surface area contributed by atoms with E-state index in [0.29, 0.717) is 24.2 Å². The fourth-order valence-electron chi connectivity index (χ4n) is 3.17. The first-order valence-corrected chi connectivity index (χ1v) is 9.26. The SMILES string of the molecule is COC(=O)c1ccc(CN(C(=O)N2CCN(C)CC2)c2ccc(F)cc2F)cc1. The molecular formula is C21H23F2N3O3. The standard InChI is InChI=1S/C21H23F2N3O3/c1-24-9-11-25(12-10-24)21(28)26(19-8-7-17(22)13-18(19)23)14-15-3-5-16(6-4-15)20(27)29-2/h3-8,13H,9-12,14H2,1-2H3. The van der Waals surface area contributed by atoms with Gasteiger partial charge in [0.05, 0.1) is 24.9 Å². The van der Waals surface area contributed by atoms with E-state index in [-0.39, 0.29) is 18.3 Å². The van der Waals surface area contributed by atoms with Crippen LogP contribution >= 0.6 is 0 Å². The number of esters is 1. The number of piperazine rings is 1. The third-order valence-electron chi connectivity index (χ3n) is 4.92. The monoisotopic (exact) mass is 403 g/mol. The van der Waals surface area contributed by atoms with Crippen molar-refractivity contribution < 1.29 is 23.1 Å². The molecule has 3 rings (SSSR count). The fraction of sp³-hybridized carbons (Fsp3) is 0.333. The van der Waals surface area contributed by atoms with Crippen molar-refractivity contribution in [3.63, 3.8) is 0 Å². The molecule has 0 spiro atoms. The number of benzene rings is 2. The van der Waals surface area contributed by atoms with Gasteiger partial charge >= 0.3 is 12.0 Å². The highest BCUT2D eigenvalue weighted by atomic mass is 19.1. The molecule has 1 aliphatic heterocycles. The summed E-state index contributed by atoms with van der Waals surface area (Å²) in [5.41, 5.74) is 1.08. The summed E-state index contributed by atoms with van der Waals surface area (Å²) in [4.78, 5) is 29.8. The quantitative estimate of drug-likeness (QED) is 0.736. The average molecular weight is 403 g/mol. The molecule has 154 valence electrons. The Morgan fingerprint density at radius 1 is 1.03 bits per heavy atom. The minimum Gasteiger partial charge on any atom is -0.465 e. The summed E-state index contributed by atoms with van der Waals surface area (Å²) >= 11 is 0. The number of urea groups is 1. The Morgan fingerprint density at radius 2 is 1.69 bits per heavy atom. The molecular weight excluding hydrogens is 380 g/mol. The number of hydrogen-bond acceptors (Lipinski definition) is 4. The minimum absolute atomic E-state index is 0.00683. The van der Waals surface area contributed by atoms with Crippen molar-refractivity contribution >= 4 is 17.7 Å². The number of anilines is 1. The van der Waals surface area contributed by atoms with Gasteiger partial charge in [-0.2, -0.15) is 0 Å². The summed E-state index contributed by atoms with van der Waals surface area (Å²) in [5.74, 6) is -1.98. The zero-order valence-electron chi connectivity index (χ0n) is 16.4. The number of rotatable bonds is 4. The van der Waals surface area contributed by atoms with E-state index < -0.39 is 17.6 Å². The van der Waals surface area contributed by atoms with Crippen LogP contribution in [0.25, 0.3) is 0 Å². The summed E-state index contributed by atoms with van der Waals surface area (Å²) in [7, 11) is 3.27. The smallest absolute Gasteiger partial charge is 0.337 e. The third-order valence-corrected chi connectivity index (χ3v) is 4.92. The molecule has 1 fully saturated rings. The summed E-state index contributed by atoms with van der Waals surface area (Å²) in [6.45, 7) is 2.57. The van der Waals surface area contributed by atoms with Crippen LogP contribution in [0.2, 0.25) is 0 Å². The summed E-state index contributed by atoms with van der Waals surface area (Å²) in [5, 5.41) is 0. The molecule has 8 heteroatoms. The normalized spacial score (nSPS) is 14.6. The molecule has 0 bridgehead atoms. The highest BCUT2D eigenvalue weighted by molar-refractivity contribution is 5.92. The van der Waals surface area contributed by atoms with Crippen molar-refractivity contribution in [2.24, 2.45) is 0 Å². The Morgan fingerprint density at radius 3 is 2.28 bits per heavy atom. The van der Waals surface area contributed by atoms with Crippen LogP contribution in [0.15, 0.2) is 42.5 Å². The maximum Gasteiger partial charge on any atom is 0.337 e. The number of halogens is 2. The lowest BCUT2D eigenvalue weighted by Crippen LogP contribution is -2.52. The van der Waals surface area contributed by atoms with Crippen molar-refractivity contribution in [1.82, 2.24) is 9.80 Å². The maximum absolute atomic E-state index is 14.5. The summed E-state index contributed by atoms with van der Waals surface area (Å²) in [6.07, 6.45) is 0. The highest BCUT2D eigenvalue weighted by Gasteiger charge is 2.27. The molecule has 0 saturated carbocycles. The van der Waals surface area contributed by atoms with E-state index in [2.05, 4.69) is 9.64 Å². The van der Waals surface area contributed by atoms with Gasteiger partial charge in [0.2, 0.25) is 0 Å². The number of carbonyl (C=O) groups excluding carboxylic acids is 2. The van der Waals surface area contributed by atoms with Gasteiger partial charge in [0.1, 0.15) is 11.6 Å². The Balaban J connectivity index is 1.88. The number of hydrogen-bond donors (Lipinski definition) is 0. The van der Waals surface area contributed by atoms with Crippen LogP contribution in [0.3, 0.4) is 0 Å². The average Bonchev–Trinajstić information content (AvgIpc) is 2.72. The van der Waals surface area contributed by atoms with E-state index in [1.165, 1.54) is 18.1 Å². The summed E-state index contributed by atoms with van der Waals surface area (Å²) < 4.78 is 32.6. The second-order valence-corrected chi connectivity index (χ2v) is 6.94. The Hall–Kier alpha value is -3.00. The Kier molecular flexibility index (Phi) is 6.43. The lowest BCUT2D eigenvalue weighted by atomic mass is 10.1. The Bertz CT molecular complexity index is 881. The van der Waals surface area contributed by atoms with Crippen LogP contribution in [0, 0.1) is 11.6 Å². The van der Waals surface area contributed by atoms with Gasteiger partial charge in [0.15, 0.2) is 0 Å². The van der Waals surface area contributed by atoms with E-state index in [1.54, 1.807) is 29.2 Å². The lowest BCUT2D eigenvalue weighted by Gasteiger charge is -2.36. The van der Waals surface area contributed by atoms with E-state index in [1.807, 2.05) is 7.05 Å². The van der Waals surface area contributed by atoms with Gasteiger partial charge in [-0.05, 0) is 36.9 Å². The molecule has 29 heavy (non-hydrogen) atoms. The van der Waals surface area contributed by atoms with Crippen LogP contribution in [0.4, 0.5) is 19.3 Å². The van der Waals surface area contributed by atoms with Crippen molar-refractivity contribution in [3.05, 3.63) is 65.2 Å². The number of amides is 2. The first-order chi connectivity index (χ1) is 13.9. The van der Waals surface area contributed by atoms with Crippen LogP contribution in [0.5, 0.6) is 0 Å². The molecule has 6 nitrogen and oxygen atoms in total. The van der Waals surface area contributed by atoms with E-state index in [9.17, 15) is 18.4 Å². The molecule has 0 N–H and O–H groups in total. The van der Waals surface area contributed by atoms with Crippen LogP contribution in [-0.4, -0.2) is 62.1 Å². The van der Waals surface area contributed by atoms with Gasteiger partial charge in [-0.25, -0.2) is 18.4 Å². The van der Waals surface area contributed by atoms with Crippen molar-refractivity contribution in [3.8, 4) is 0 Å². The van der Waals surface area contributed by atoms with Gasteiger partial charge in [-0.3, -0.25) is 4.90 Å². The van der Waals surface area contributed by atoms with Crippen molar-refractivity contribution in [2.45, 2.75) is 6.54 Å². The first-order valence-electron chi connectivity index (χ1n) is 9.26. The van der Waals surface area contributed by atoms with Gasteiger partial charge in [0.25, 0.3) is 0 Å². The largest absolute Gasteiger partial charge is 0.465 e. The predicted octanol–water partition coefficient (Wildman–Crippen LogP) is 3.13. The number of methoxy groups -OCH3 is 1. The molecule has 1 aliphatic rings. The fourth-order valence-corrected chi connectivity index (χ4v) is 3.17.